The van der Waals surface area contributed by atoms with E-state index in [0.717, 1.165) is 30.6 Å². The monoisotopic (exact) mass is 332 g/mol. The molecule has 1 saturated heterocycles. The van der Waals surface area contributed by atoms with Crippen molar-refractivity contribution in [3.8, 4) is 0 Å². The van der Waals surface area contributed by atoms with E-state index in [9.17, 15) is 14.4 Å². The second kappa shape index (κ2) is 7.81. The van der Waals surface area contributed by atoms with Gasteiger partial charge in [0, 0.05) is 23.8 Å². The first-order chi connectivity index (χ1) is 11.4. The summed E-state index contributed by atoms with van der Waals surface area (Å²) in [7, 11) is 0. The van der Waals surface area contributed by atoms with Gasteiger partial charge in [0.1, 0.15) is 0 Å². The van der Waals surface area contributed by atoms with Gasteiger partial charge in [0.25, 0.3) is 5.91 Å². The fourth-order valence-electron chi connectivity index (χ4n) is 2.92. The molecule has 24 heavy (non-hydrogen) atoms. The minimum absolute atomic E-state index is 0.0447. The van der Waals surface area contributed by atoms with Crippen LogP contribution in [0.2, 0.25) is 0 Å². The molecule has 1 aromatic rings. The first kappa shape index (κ1) is 17.8. The van der Waals surface area contributed by atoms with Gasteiger partial charge in [-0.25, -0.2) is 4.79 Å². The van der Waals surface area contributed by atoms with Crippen LogP contribution in [0.5, 0.6) is 0 Å². The number of primary amides is 1. The fraction of sp³-hybridized carbons (Fsp3) is 0.471. The van der Waals surface area contributed by atoms with Gasteiger partial charge in [0.05, 0.1) is 6.54 Å². The van der Waals surface area contributed by atoms with Crippen molar-refractivity contribution in [2.24, 2.45) is 5.73 Å². The molecule has 0 bridgehead atoms. The average molecular weight is 332 g/mol. The van der Waals surface area contributed by atoms with Crippen molar-refractivity contribution in [3.63, 3.8) is 0 Å². The maximum atomic E-state index is 12.7. The van der Waals surface area contributed by atoms with Crippen molar-refractivity contribution in [2.45, 2.75) is 39.2 Å². The van der Waals surface area contributed by atoms with Crippen molar-refractivity contribution in [1.29, 1.82) is 0 Å². The van der Waals surface area contributed by atoms with Gasteiger partial charge in [-0.3, -0.25) is 14.9 Å². The molecule has 130 valence electrons. The van der Waals surface area contributed by atoms with Crippen LogP contribution in [0.3, 0.4) is 0 Å². The van der Waals surface area contributed by atoms with E-state index in [1.165, 1.54) is 6.42 Å². The second-order valence-electron chi connectivity index (χ2n) is 6.14. The number of urea groups is 1. The van der Waals surface area contributed by atoms with E-state index in [1.54, 1.807) is 12.1 Å². The number of anilines is 1. The molecule has 2 rings (SSSR count). The molecule has 0 aliphatic carbocycles. The average Bonchev–Trinajstić information content (AvgIpc) is 2.53. The summed E-state index contributed by atoms with van der Waals surface area (Å²) in [6.07, 6.45) is 3.25. The first-order valence-corrected chi connectivity index (χ1v) is 8.13. The summed E-state index contributed by atoms with van der Waals surface area (Å²) in [5.74, 6) is -0.465. The lowest BCUT2D eigenvalue weighted by molar-refractivity contribution is -0.118. The number of imide groups is 1. The molecule has 1 aromatic carbocycles. The Balaban J connectivity index is 2.02. The summed E-state index contributed by atoms with van der Waals surface area (Å²) >= 11 is 0. The van der Waals surface area contributed by atoms with Crippen molar-refractivity contribution in [3.05, 3.63) is 29.3 Å². The highest BCUT2D eigenvalue weighted by atomic mass is 16.2. The predicted molar refractivity (Wildman–Crippen MR) is 91.7 cm³/mol. The summed E-state index contributed by atoms with van der Waals surface area (Å²) in [6, 6.07) is 4.73. The third kappa shape index (κ3) is 4.47. The molecule has 0 unspecified atom stereocenters. The van der Waals surface area contributed by atoms with Crippen LogP contribution in [0.1, 0.15) is 42.1 Å². The summed E-state index contributed by atoms with van der Waals surface area (Å²) in [6.45, 7) is 4.68. The number of piperidine rings is 1. The van der Waals surface area contributed by atoms with Gasteiger partial charge in [-0.1, -0.05) is 0 Å². The zero-order valence-electron chi connectivity index (χ0n) is 14.1. The highest BCUT2D eigenvalue weighted by Gasteiger charge is 2.24. The molecular weight excluding hydrogens is 308 g/mol. The number of benzene rings is 1. The van der Waals surface area contributed by atoms with E-state index in [1.807, 2.05) is 23.2 Å². The van der Waals surface area contributed by atoms with E-state index in [4.69, 9.17) is 5.73 Å². The van der Waals surface area contributed by atoms with Crippen molar-refractivity contribution in [2.75, 3.05) is 18.4 Å². The molecule has 1 aliphatic heterocycles. The highest BCUT2D eigenvalue weighted by molar-refractivity contribution is 5.96. The van der Waals surface area contributed by atoms with Crippen LogP contribution >= 0.6 is 0 Å². The SMILES string of the molecule is Cc1cc(C(=O)N2CCCC[C@H]2C)ccc1NCC(=O)NC(N)=O. The topological polar surface area (TPSA) is 105 Å². The molecule has 7 heteroatoms. The van der Waals surface area contributed by atoms with Crippen LogP contribution in [-0.2, 0) is 4.79 Å². The van der Waals surface area contributed by atoms with Gasteiger partial charge in [0.2, 0.25) is 5.91 Å². The Kier molecular flexibility index (Phi) is 5.78. The van der Waals surface area contributed by atoms with Crippen LogP contribution in [0.15, 0.2) is 18.2 Å². The predicted octanol–water partition coefficient (Wildman–Crippen LogP) is 1.62. The Morgan fingerprint density at radius 1 is 1.29 bits per heavy atom. The second-order valence-corrected chi connectivity index (χ2v) is 6.14. The molecule has 0 spiro atoms. The minimum Gasteiger partial charge on any atom is -0.376 e. The molecule has 1 heterocycles. The highest BCUT2D eigenvalue weighted by Crippen LogP contribution is 2.22. The number of nitrogens with one attached hydrogen (secondary N) is 2. The number of aryl methyl sites for hydroxylation is 1. The Bertz CT molecular complexity index is 645. The van der Waals surface area contributed by atoms with Gasteiger partial charge in [-0.05, 0) is 56.9 Å². The van der Waals surface area contributed by atoms with Crippen molar-refractivity contribution < 1.29 is 14.4 Å². The van der Waals surface area contributed by atoms with Crippen LogP contribution in [-0.4, -0.2) is 41.9 Å². The molecule has 7 nitrogen and oxygen atoms in total. The maximum absolute atomic E-state index is 12.7. The molecule has 1 fully saturated rings. The van der Waals surface area contributed by atoms with Crippen LogP contribution in [0.25, 0.3) is 0 Å². The molecule has 0 saturated carbocycles. The smallest absolute Gasteiger partial charge is 0.318 e. The van der Waals surface area contributed by atoms with Gasteiger partial charge in [-0.15, -0.1) is 0 Å². The summed E-state index contributed by atoms with van der Waals surface area (Å²) in [5.41, 5.74) is 7.13. The van der Waals surface area contributed by atoms with Crippen LogP contribution in [0.4, 0.5) is 10.5 Å². The Morgan fingerprint density at radius 3 is 2.67 bits per heavy atom. The maximum Gasteiger partial charge on any atom is 0.318 e. The van der Waals surface area contributed by atoms with E-state index >= 15 is 0 Å². The Morgan fingerprint density at radius 2 is 2.04 bits per heavy atom. The third-order valence-corrected chi connectivity index (χ3v) is 4.24. The zero-order chi connectivity index (χ0) is 17.7. The van der Waals surface area contributed by atoms with E-state index < -0.39 is 11.9 Å². The number of carbonyl (C=O) groups excluding carboxylic acids is 3. The van der Waals surface area contributed by atoms with Gasteiger partial charge in [0.15, 0.2) is 0 Å². The summed E-state index contributed by atoms with van der Waals surface area (Å²) in [5, 5.41) is 4.91. The number of hydrogen-bond donors (Lipinski definition) is 3. The number of carbonyl (C=O) groups is 3. The van der Waals surface area contributed by atoms with E-state index in [-0.39, 0.29) is 18.5 Å². The number of nitrogens with zero attached hydrogens (tertiary/aromatic N) is 1. The number of amides is 4. The van der Waals surface area contributed by atoms with Crippen LogP contribution in [0, 0.1) is 6.92 Å². The minimum atomic E-state index is -0.880. The normalized spacial score (nSPS) is 17.2. The Hall–Kier alpha value is -2.57. The number of nitrogens with two attached hydrogens (primary N) is 1. The van der Waals surface area contributed by atoms with Gasteiger partial charge >= 0.3 is 6.03 Å². The standard InChI is InChI=1S/C17H24N4O3/c1-11-9-13(16(23)21-8-4-3-5-12(21)2)6-7-14(11)19-10-15(22)20-17(18)24/h6-7,9,12,19H,3-5,8,10H2,1-2H3,(H3,18,20,22,24)/t12-/m1/s1. The zero-order valence-corrected chi connectivity index (χ0v) is 14.1. The molecule has 0 aromatic heterocycles. The summed E-state index contributed by atoms with van der Waals surface area (Å²) in [4.78, 5) is 36.6. The third-order valence-electron chi connectivity index (χ3n) is 4.24. The van der Waals surface area contributed by atoms with Crippen molar-refractivity contribution in [1.82, 2.24) is 10.2 Å². The lowest BCUT2D eigenvalue weighted by Crippen LogP contribution is -2.42. The number of rotatable bonds is 4. The number of hydrogen-bond acceptors (Lipinski definition) is 4. The summed E-state index contributed by atoms with van der Waals surface area (Å²) < 4.78 is 0. The molecular formula is C17H24N4O3. The van der Waals surface area contributed by atoms with Crippen molar-refractivity contribution >= 4 is 23.5 Å². The van der Waals surface area contributed by atoms with Gasteiger partial charge in [-0.2, -0.15) is 0 Å². The fourth-order valence-corrected chi connectivity index (χ4v) is 2.92. The molecule has 1 aliphatic rings. The molecule has 4 amide bonds. The van der Waals surface area contributed by atoms with Crippen LogP contribution < -0.4 is 16.4 Å². The Labute approximate surface area is 141 Å². The molecule has 1 atom stereocenters. The molecule has 4 N–H and O–H groups in total. The quantitative estimate of drug-likeness (QED) is 0.779. The molecule has 0 radical (unpaired) electrons. The van der Waals surface area contributed by atoms with E-state index in [0.29, 0.717) is 5.56 Å². The lowest BCUT2D eigenvalue weighted by Gasteiger charge is -2.33. The van der Waals surface area contributed by atoms with E-state index in [2.05, 4.69) is 12.2 Å². The lowest BCUT2D eigenvalue weighted by atomic mass is 10.0. The van der Waals surface area contributed by atoms with Gasteiger partial charge < -0.3 is 16.0 Å². The number of likely N-dealkylation sites (tertiary alicyclic amines) is 1. The first-order valence-electron chi connectivity index (χ1n) is 8.13. The largest absolute Gasteiger partial charge is 0.376 e.